The monoisotopic (exact) mass is 206 g/mol. The molecule has 2 N–H and O–H groups in total. The molecule has 0 bridgehead atoms. The number of hydrogen-bond acceptors (Lipinski definition) is 1. The summed E-state index contributed by atoms with van der Waals surface area (Å²) in [7, 11) is 0. The fraction of sp³-hybridized carbons (Fsp3) is 0. The molecule has 3 nitrogen and oxygen atoms in total. The first-order valence-electron chi connectivity index (χ1n) is 0.532. The predicted molar refractivity (Wildman–Crippen MR) is 23.3 cm³/mol. The molecular formula is H5O3SSb. The van der Waals surface area contributed by atoms with Gasteiger partial charge in [-0.15, -0.1) is 0 Å². The van der Waals surface area contributed by atoms with E-state index >= 15 is 0 Å². The van der Waals surface area contributed by atoms with Crippen molar-refractivity contribution in [2.45, 2.75) is 0 Å². The van der Waals surface area contributed by atoms with E-state index in [0.29, 0.717) is 0 Å². The Bertz CT molecular complexity index is 29.9. The molecule has 5 heteroatoms. The third-order valence-corrected chi connectivity index (χ3v) is 0. The van der Waals surface area contributed by atoms with Crippen LogP contribution in [0, 0.1) is 0 Å². The molecule has 0 fully saturated rings. The van der Waals surface area contributed by atoms with E-state index in [4.69, 9.17) is 13.3 Å². The van der Waals surface area contributed by atoms with E-state index in [2.05, 4.69) is 0 Å². The first-order valence-corrected chi connectivity index (χ1v) is 1.60. The summed E-state index contributed by atoms with van der Waals surface area (Å²) in [5, 5.41) is 0. The number of hydrogen-bond donors (Lipinski definition) is 2. The molecule has 0 saturated carbocycles. The Kier molecular flexibility index (Phi) is 9.10. The molecule has 0 aliphatic rings. The van der Waals surface area contributed by atoms with Gasteiger partial charge in [0.1, 0.15) is 0 Å². The summed E-state index contributed by atoms with van der Waals surface area (Å²) in [6, 6.07) is 0. The van der Waals surface area contributed by atoms with Crippen LogP contribution < -0.4 is 0 Å². The second-order valence-corrected chi connectivity index (χ2v) is 0.692. The van der Waals surface area contributed by atoms with Crippen molar-refractivity contribution in [3.63, 3.8) is 0 Å². The summed E-state index contributed by atoms with van der Waals surface area (Å²) in [4.78, 5) is 0. The average Bonchev–Trinajstić information content (AvgIpc) is 0.811. The van der Waals surface area contributed by atoms with Crippen LogP contribution in [0.25, 0.3) is 0 Å². The second kappa shape index (κ2) is 4.89. The van der Waals surface area contributed by atoms with Crippen LogP contribution in [0.1, 0.15) is 0 Å². The van der Waals surface area contributed by atoms with Gasteiger partial charge >= 0.3 is 24.4 Å². The number of rotatable bonds is 0. The van der Waals surface area contributed by atoms with Gasteiger partial charge in [-0.25, -0.2) is 0 Å². The molecule has 0 heterocycles. The first kappa shape index (κ1) is 9.31. The van der Waals surface area contributed by atoms with Crippen LogP contribution in [-0.4, -0.2) is 37.7 Å². The van der Waals surface area contributed by atoms with Crippen molar-refractivity contribution in [1.29, 1.82) is 0 Å². The third kappa shape index (κ3) is 51.7. The Labute approximate surface area is 49.3 Å². The SMILES string of the molecule is O=S(O)O.[SbH3]. The van der Waals surface area contributed by atoms with Crippen LogP contribution in [0.2, 0.25) is 0 Å². The van der Waals surface area contributed by atoms with Crippen LogP contribution >= 0.6 is 0 Å². The van der Waals surface area contributed by atoms with Gasteiger partial charge in [0.05, 0.1) is 0 Å². The maximum absolute atomic E-state index is 8.67. The summed E-state index contributed by atoms with van der Waals surface area (Å²) < 4.78 is 22.8. The molecule has 0 aromatic rings. The van der Waals surface area contributed by atoms with E-state index in [-0.39, 0.29) is 24.4 Å². The van der Waals surface area contributed by atoms with E-state index in [1.54, 1.807) is 0 Å². The quantitative estimate of drug-likeness (QED) is 0.375. The van der Waals surface area contributed by atoms with E-state index in [0.717, 1.165) is 0 Å². The zero-order chi connectivity index (χ0) is 3.58. The molecule has 5 heavy (non-hydrogen) atoms. The van der Waals surface area contributed by atoms with Crippen molar-refractivity contribution in [2.75, 3.05) is 0 Å². The molecule has 34 valence electrons. The normalized spacial score (nSPS) is 7.00. The maximum atomic E-state index is 8.67. The van der Waals surface area contributed by atoms with Gasteiger partial charge in [0.15, 0.2) is 0 Å². The van der Waals surface area contributed by atoms with Gasteiger partial charge in [0, 0.05) is 0 Å². The molecular weight excluding hydrogens is 202 g/mol. The molecule has 0 amide bonds. The van der Waals surface area contributed by atoms with Gasteiger partial charge in [0.25, 0.3) is 11.4 Å². The first-order chi connectivity index (χ1) is 1.73. The van der Waals surface area contributed by atoms with Gasteiger partial charge in [-0.3, -0.25) is 9.11 Å². The summed E-state index contributed by atoms with van der Waals surface area (Å²) >= 11 is -2.61. The standard InChI is InChI=1S/H2O3S.Sb.3H/c1-4(2)3;;;;/h(H2,1,2,3);;;;. The second-order valence-electron chi connectivity index (χ2n) is 0.231. The van der Waals surface area contributed by atoms with Crippen molar-refractivity contribution in [3.05, 3.63) is 0 Å². The minimum atomic E-state index is -2.61. The molecule has 0 saturated heterocycles. The summed E-state index contributed by atoms with van der Waals surface area (Å²) in [6.45, 7) is 0. The molecule has 0 atom stereocenters. The Hall–Kier alpha value is 0.888. The van der Waals surface area contributed by atoms with Gasteiger partial charge in [-0.1, -0.05) is 0 Å². The van der Waals surface area contributed by atoms with Gasteiger partial charge in [-0.2, -0.15) is 4.21 Å². The Morgan fingerprint density at radius 3 is 1.40 bits per heavy atom. The van der Waals surface area contributed by atoms with Crippen LogP contribution in [0.4, 0.5) is 0 Å². The topological polar surface area (TPSA) is 57.5 Å². The molecule has 0 aromatic carbocycles. The summed E-state index contributed by atoms with van der Waals surface area (Å²) in [5.41, 5.74) is 0. The van der Waals surface area contributed by atoms with Gasteiger partial charge in [-0.05, 0) is 0 Å². The molecule has 0 aliphatic heterocycles. The van der Waals surface area contributed by atoms with Crippen molar-refractivity contribution >= 4 is 35.8 Å². The van der Waals surface area contributed by atoms with Crippen LogP contribution in [0.15, 0.2) is 0 Å². The van der Waals surface area contributed by atoms with E-state index in [1.807, 2.05) is 0 Å². The van der Waals surface area contributed by atoms with E-state index in [9.17, 15) is 0 Å². The van der Waals surface area contributed by atoms with Crippen molar-refractivity contribution in [3.8, 4) is 0 Å². The van der Waals surface area contributed by atoms with E-state index < -0.39 is 11.4 Å². The Morgan fingerprint density at radius 1 is 1.40 bits per heavy atom. The minimum absolute atomic E-state index is 0. The zero-order valence-corrected chi connectivity index (χ0v) is 7.27. The van der Waals surface area contributed by atoms with E-state index in [1.165, 1.54) is 0 Å². The van der Waals surface area contributed by atoms with Crippen molar-refractivity contribution < 1.29 is 13.3 Å². The molecule has 0 rings (SSSR count). The molecule has 0 radical (unpaired) electrons. The Balaban J connectivity index is 0. The summed E-state index contributed by atoms with van der Waals surface area (Å²) in [5.74, 6) is 0. The predicted octanol–water partition coefficient (Wildman–Crippen LogP) is -1.50. The molecule has 0 unspecified atom stereocenters. The van der Waals surface area contributed by atoms with Gasteiger partial charge < -0.3 is 0 Å². The van der Waals surface area contributed by atoms with Crippen molar-refractivity contribution in [2.24, 2.45) is 0 Å². The average molecular weight is 207 g/mol. The molecule has 0 spiro atoms. The zero-order valence-electron chi connectivity index (χ0n) is 2.42. The van der Waals surface area contributed by atoms with Crippen molar-refractivity contribution in [1.82, 2.24) is 0 Å². The fourth-order valence-electron chi connectivity index (χ4n) is 0. The summed E-state index contributed by atoms with van der Waals surface area (Å²) in [6.07, 6.45) is 0. The van der Waals surface area contributed by atoms with Crippen LogP contribution in [0.5, 0.6) is 0 Å². The molecule has 0 aromatic heterocycles. The fourth-order valence-corrected chi connectivity index (χ4v) is 0. The third-order valence-electron chi connectivity index (χ3n) is 0. The molecule has 0 aliphatic carbocycles. The van der Waals surface area contributed by atoms with Crippen LogP contribution in [0.3, 0.4) is 0 Å². The van der Waals surface area contributed by atoms with Crippen LogP contribution in [-0.2, 0) is 11.4 Å². The van der Waals surface area contributed by atoms with Gasteiger partial charge in [0.2, 0.25) is 0 Å². The Morgan fingerprint density at radius 2 is 1.40 bits per heavy atom.